The van der Waals surface area contributed by atoms with Gasteiger partial charge in [0.25, 0.3) is 5.91 Å². The van der Waals surface area contributed by atoms with E-state index >= 15 is 0 Å². The summed E-state index contributed by atoms with van der Waals surface area (Å²) in [6, 6.07) is 22.3. The molecule has 6 nitrogen and oxygen atoms in total. The predicted molar refractivity (Wildman–Crippen MR) is 110 cm³/mol. The fraction of sp³-hybridized carbons (Fsp3) is 0.0952. The van der Waals surface area contributed by atoms with Crippen molar-refractivity contribution in [3.8, 4) is 0 Å². The molecule has 1 heterocycles. The summed E-state index contributed by atoms with van der Waals surface area (Å²) in [7, 11) is 0. The third-order valence-corrected chi connectivity index (χ3v) is 4.35. The van der Waals surface area contributed by atoms with E-state index in [1.54, 1.807) is 12.1 Å². The van der Waals surface area contributed by atoms with Crippen molar-refractivity contribution < 1.29 is 14.0 Å². The third-order valence-electron chi connectivity index (χ3n) is 3.93. The largest absolute Gasteiger partial charge is 0.448 e. The first-order chi connectivity index (χ1) is 13.6. The molecular formula is C21H18BrN3O3. The van der Waals surface area contributed by atoms with Gasteiger partial charge in [0, 0.05) is 0 Å². The van der Waals surface area contributed by atoms with Crippen molar-refractivity contribution in [1.82, 2.24) is 10.7 Å². The Bertz CT molecular complexity index is 916. The fourth-order valence-corrected chi connectivity index (χ4v) is 2.98. The van der Waals surface area contributed by atoms with Crippen LogP contribution in [0, 0.1) is 0 Å². The zero-order chi connectivity index (χ0) is 19.8. The highest BCUT2D eigenvalue weighted by atomic mass is 79.9. The van der Waals surface area contributed by atoms with E-state index in [1.807, 2.05) is 60.7 Å². The smallest absolute Gasteiger partial charge is 0.259 e. The Balaban J connectivity index is 1.61. The molecule has 2 amide bonds. The number of nitrogens with zero attached hydrogens (tertiary/aromatic N) is 1. The van der Waals surface area contributed by atoms with Gasteiger partial charge in [-0.1, -0.05) is 60.7 Å². The van der Waals surface area contributed by atoms with Crippen molar-refractivity contribution in [1.29, 1.82) is 0 Å². The van der Waals surface area contributed by atoms with E-state index in [9.17, 15) is 9.59 Å². The van der Waals surface area contributed by atoms with Crippen LogP contribution in [0.15, 0.2) is 87.0 Å². The average Bonchev–Trinajstić information content (AvgIpc) is 3.13. The minimum atomic E-state index is -0.501. The van der Waals surface area contributed by atoms with Gasteiger partial charge in [0.05, 0.1) is 18.7 Å². The quantitative estimate of drug-likeness (QED) is 0.436. The van der Waals surface area contributed by atoms with Gasteiger partial charge in [-0.25, -0.2) is 5.43 Å². The lowest BCUT2D eigenvalue weighted by molar-refractivity contribution is -0.126. The molecule has 0 saturated carbocycles. The first kappa shape index (κ1) is 19.6. The summed E-state index contributed by atoms with van der Waals surface area (Å²) >= 11 is 3.18. The van der Waals surface area contributed by atoms with E-state index in [0.29, 0.717) is 10.4 Å². The molecule has 7 heteroatoms. The van der Waals surface area contributed by atoms with Crippen LogP contribution in [0.25, 0.3) is 0 Å². The molecule has 0 aliphatic heterocycles. The van der Waals surface area contributed by atoms with Gasteiger partial charge in [0.15, 0.2) is 4.67 Å². The molecule has 3 aromatic rings. The van der Waals surface area contributed by atoms with Gasteiger partial charge in [-0.15, -0.1) is 0 Å². The maximum absolute atomic E-state index is 12.8. The standard InChI is InChI=1S/C21H18BrN3O3/c22-18-12-11-17(28-18)13-24-25-19(26)14-23-21(27)20(15-7-3-1-4-8-15)16-9-5-2-6-10-16/h1-13,20H,14H2,(H,23,27)(H,25,26)/b24-13+. The Labute approximate surface area is 170 Å². The molecule has 0 saturated heterocycles. The van der Waals surface area contributed by atoms with E-state index in [-0.39, 0.29) is 12.5 Å². The van der Waals surface area contributed by atoms with Gasteiger partial charge in [-0.05, 0) is 39.2 Å². The van der Waals surface area contributed by atoms with Gasteiger partial charge in [0.1, 0.15) is 5.76 Å². The molecule has 142 valence electrons. The van der Waals surface area contributed by atoms with Crippen molar-refractivity contribution in [3.63, 3.8) is 0 Å². The van der Waals surface area contributed by atoms with E-state index in [2.05, 4.69) is 31.8 Å². The van der Waals surface area contributed by atoms with Crippen molar-refractivity contribution in [2.75, 3.05) is 6.54 Å². The molecule has 2 N–H and O–H groups in total. The molecule has 2 aromatic carbocycles. The van der Waals surface area contributed by atoms with Crippen LogP contribution in [0.3, 0.4) is 0 Å². The fourth-order valence-electron chi connectivity index (χ4n) is 2.66. The number of hydrazone groups is 1. The predicted octanol–water partition coefficient (Wildman–Crippen LogP) is 3.44. The summed E-state index contributed by atoms with van der Waals surface area (Å²) in [5, 5.41) is 6.48. The molecule has 0 unspecified atom stereocenters. The topological polar surface area (TPSA) is 83.7 Å². The zero-order valence-electron chi connectivity index (χ0n) is 14.8. The number of benzene rings is 2. The SMILES string of the molecule is O=C(CNC(=O)C(c1ccccc1)c1ccccc1)N/N=C/c1ccc(Br)o1. The van der Waals surface area contributed by atoms with Gasteiger partial charge in [-0.2, -0.15) is 5.10 Å². The molecule has 0 bridgehead atoms. The normalized spacial score (nSPS) is 10.9. The number of furan rings is 1. The van der Waals surface area contributed by atoms with E-state index in [4.69, 9.17) is 4.42 Å². The van der Waals surface area contributed by atoms with Crippen molar-refractivity contribution in [2.24, 2.45) is 5.10 Å². The van der Waals surface area contributed by atoms with E-state index < -0.39 is 11.8 Å². The first-order valence-corrected chi connectivity index (χ1v) is 9.37. The first-order valence-electron chi connectivity index (χ1n) is 8.58. The molecule has 28 heavy (non-hydrogen) atoms. The van der Waals surface area contributed by atoms with Crippen LogP contribution in [-0.4, -0.2) is 24.6 Å². The highest BCUT2D eigenvalue weighted by Gasteiger charge is 2.22. The second kappa shape index (κ2) is 9.66. The minimum absolute atomic E-state index is 0.186. The molecule has 0 radical (unpaired) electrons. The Morgan fingerprint density at radius 3 is 2.11 bits per heavy atom. The van der Waals surface area contributed by atoms with Crippen LogP contribution in [0.1, 0.15) is 22.8 Å². The van der Waals surface area contributed by atoms with E-state index in [0.717, 1.165) is 11.1 Å². The van der Waals surface area contributed by atoms with Crippen LogP contribution in [0.4, 0.5) is 0 Å². The highest BCUT2D eigenvalue weighted by molar-refractivity contribution is 9.10. The highest BCUT2D eigenvalue weighted by Crippen LogP contribution is 2.24. The molecule has 1 aromatic heterocycles. The number of halogens is 1. The summed E-state index contributed by atoms with van der Waals surface area (Å²) in [6.45, 7) is -0.186. The minimum Gasteiger partial charge on any atom is -0.448 e. The second-order valence-electron chi connectivity index (χ2n) is 5.91. The lowest BCUT2D eigenvalue weighted by Gasteiger charge is -2.17. The Hall–Kier alpha value is -3.19. The molecule has 0 aliphatic carbocycles. The summed E-state index contributed by atoms with van der Waals surface area (Å²) in [5.74, 6) is -0.704. The Kier molecular flexibility index (Phi) is 6.75. The number of carbonyl (C=O) groups excluding carboxylic acids is 2. The Morgan fingerprint density at radius 1 is 0.964 bits per heavy atom. The summed E-state index contributed by atoms with van der Waals surface area (Å²) in [6.07, 6.45) is 1.38. The van der Waals surface area contributed by atoms with Gasteiger partial charge in [-0.3, -0.25) is 9.59 Å². The summed E-state index contributed by atoms with van der Waals surface area (Å²) in [5.41, 5.74) is 4.06. The summed E-state index contributed by atoms with van der Waals surface area (Å²) in [4.78, 5) is 24.8. The van der Waals surface area contributed by atoms with Crippen LogP contribution in [-0.2, 0) is 9.59 Å². The number of carbonyl (C=O) groups is 2. The van der Waals surface area contributed by atoms with Gasteiger partial charge in [0.2, 0.25) is 5.91 Å². The van der Waals surface area contributed by atoms with Crippen LogP contribution in [0.5, 0.6) is 0 Å². The number of amides is 2. The summed E-state index contributed by atoms with van der Waals surface area (Å²) < 4.78 is 5.81. The monoisotopic (exact) mass is 439 g/mol. The third kappa shape index (κ3) is 5.40. The maximum atomic E-state index is 12.8. The van der Waals surface area contributed by atoms with Crippen LogP contribution in [0.2, 0.25) is 0 Å². The van der Waals surface area contributed by atoms with Crippen LogP contribution < -0.4 is 10.7 Å². The second-order valence-corrected chi connectivity index (χ2v) is 6.69. The van der Waals surface area contributed by atoms with Crippen LogP contribution >= 0.6 is 15.9 Å². The Morgan fingerprint density at radius 2 is 1.57 bits per heavy atom. The zero-order valence-corrected chi connectivity index (χ0v) is 16.4. The molecular weight excluding hydrogens is 422 g/mol. The average molecular weight is 440 g/mol. The lowest BCUT2D eigenvalue weighted by Crippen LogP contribution is -2.37. The molecule has 0 fully saturated rings. The van der Waals surface area contributed by atoms with Crippen molar-refractivity contribution in [2.45, 2.75) is 5.92 Å². The van der Waals surface area contributed by atoms with Crippen molar-refractivity contribution >= 4 is 34.0 Å². The number of hydrogen-bond donors (Lipinski definition) is 2. The molecule has 0 atom stereocenters. The number of nitrogens with one attached hydrogen (secondary N) is 2. The van der Waals surface area contributed by atoms with Crippen molar-refractivity contribution in [3.05, 3.63) is 94.4 Å². The molecule has 0 aliphatic rings. The molecule has 0 spiro atoms. The molecule has 3 rings (SSSR count). The maximum Gasteiger partial charge on any atom is 0.259 e. The lowest BCUT2D eigenvalue weighted by atomic mass is 9.90. The van der Waals surface area contributed by atoms with Gasteiger partial charge < -0.3 is 9.73 Å². The number of hydrogen-bond acceptors (Lipinski definition) is 4. The van der Waals surface area contributed by atoms with E-state index in [1.165, 1.54) is 6.21 Å². The number of rotatable bonds is 7. The van der Waals surface area contributed by atoms with Gasteiger partial charge >= 0.3 is 0 Å².